The van der Waals surface area contributed by atoms with Gasteiger partial charge in [-0.2, -0.15) is 0 Å². The molecule has 1 atom stereocenters. The second-order valence-electron chi connectivity index (χ2n) is 13.6. The van der Waals surface area contributed by atoms with Gasteiger partial charge in [-0.05, 0) is 36.5 Å². The predicted molar refractivity (Wildman–Crippen MR) is 194 cm³/mol. The van der Waals surface area contributed by atoms with Crippen LogP contribution in [0.1, 0.15) is 217 Å². The number of hydrogen-bond donors (Lipinski definition) is 0. The van der Waals surface area contributed by atoms with Crippen molar-refractivity contribution in [3.8, 4) is 0 Å². The SMILES string of the molecule is CCCCCCCCCCCCCCCCCC(CCCCCCCCCCCCCC)c1ccc([C+]2N=CC=N2)cc1. The summed E-state index contributed by atoms with van der Waals surface area (Å²) in [6.45, 7) is 4.61. The maximum atomic E-state index is 4.39. The van der Waals surface area contributed by atoms with Crippen LogP contribution in [0, 0.1) is 6.17 Å². The Morgan fingerprint density at radius 3 is 1.05 bits per heavy atom. The molecule has 2 rings (SSSR count). The van der Waals surface area contributed by atoms with Gasteiger partial charge in [-0.1, -0.05) is 187 Å². The van der Waals surface area contributed by atoms with Crippen molar-refractivity contribution < 1.29 is 0 Å². The average Bonchev–Trinajstić information content (AvgIpc) is 3.58. The van der Waals surface area contributed by atoms with E-state index in [1.54, 1.807) is 12.4 Å². The Kier molecular flexibility index (Phi) is 24.4. The molecule has 0 radical (unpaired) electrons. The summed E-state index contributed by atoms with van der Waals surface area (Å²) in [5.74, 6) is 0.708. The topological polar surface area (TPSA) is 24.7 Å². The number of aliphatic imine (C=N–C) groups is 2. The van der Waals surface area contributed by atoms with Crippen molar-refractivity contribution in [2.75, 3.05) is 0 Å². The number of rotatable bonds is 31. The number of benzene rings is 1. The largest absolute Gasteiger partial charge is 0.243 e. The first-order valence-electron chi connectivity index (χ1n) is 19.4. The van der Waals surface area contributed by atoms with Gasteiger partial charge in [0.1, 0.15) is 18.0 Å². The molecule has 0 saturated carbocycles. The summed E-state index contributed by atoms with van der Waals surface area (Å²) < 4.78 is 0. The molecule has 0 N–H and O–H groups in total. The van der Waals surface area contributed by atoms with E-state index >= 15 is 0 Å². The molecule has 0 fully saturated rings. The molecule has 0 saturated heterocycles. The molecule has 0 spiro atoms. The van der Waals surface area contributed by atoms with Gasteiger partial charge in [-0.15, -0.1) is 9.98 Å². The quantitative estimate of drug-likeness (QED) is 0.0606. The van der Waals surface area contributed by atoms with Crippen LogP contribution in [0.25, 0.3) is 0 Å². The Bertz CT molecular complexity index is 767. The zero-order valence-electron chi connectivity index (χ0n) is 28.9. The van der Waals surface area contributed by atoms with Gasteiger partial charge < -0.3 is 0 Å². The van der Waals surface area contributed by atoms with Crippen LogP contribution in [-0.2, 0) is 0 Å². The molecule has 244 valence electrons. The molecule has 43 heavy (non-hydrogen) atoms. The Labute approximate surface area is 269 Å². The van der Waals surface area contributed by atoms with Crippen molar-refractivity contribution in [1.82, 2.24) is 0 Å². The Morgan fingerprint density at radius 1 is 0.419 bits per heavy atom. The molecule has 0 bridgehead atoms. The molecule has 1 unspecified atom stereocenters. The molecule has 1 aliphatic rings. The zero-order valence-corrected chi connectivity index (χ0v) is 28.9. The minimum Gasteiger partial charge on any atom is -0.147 e. The third-order valence-electron chi connectivity index (χ3n) is 9.66. The van der Waals surface area contributed by atoms with Crippen molar-refractivity contribution in [1.29, 1.82) is 0 Å². The highest BCUT2D eigenvalue weighted by atomic mass is 15.0. The third kappa shape index (κ3) is 20.2. The van der Waals surface area contributed by atoms with Gasteiger partial charge in [0.15, 0.2) is 0 Å². The van der Waals surface area contributed by atoms with Gasteiger partial charge in [0, 0.05) is 12.1 Å². The van der Waals surface area contributed by atoms with Crippen LogP contribution in [0.3, 0.4) is 0 Å². The van der Waals surface area contributed by atoms with E-state index in [2.05, 4.69) is 48.1 Å². The number of unbranched alkanes of at least 4 members (excludes halogenated alkanes) is 25. The summed E-state index contributed by atoms with van der Waals surface area (Å²) in [6.07, 6.45) is 45.9. The summed E-state index contributed by atoms with van der Waals surface area (Å²) in [4.78, 5) is 8.77. The van der Waals surface area contributed by atoms with Crippen molar-refractivity contribution in [3.63, 3.8) is 0 Å². The Balaban J connectivity index is 1.57. The molecule has 2 heteroatoms. The first-order valence-corrected chi connectivity index (χ1v) is 19.4. The minimum atomic E-state index is 0.708. The van der Waals surface area contributed by atoms with Crippen LogP contribution in [0.4, 0.5) is 0 Å². The molecule has 1 aromatic carbocycles. The summed E-state index contributed by atoms with van der Waals surface area (Å²) in [7, 11) is 0. The summed E-state index contributed by atoms with van der Waals surface area (Å²) >= 11 is 0. The van der Waals surface area contributed by atoms with Crippen LogP contribution < -0.4 is 0 Å². The van der Waals surface area contributed by atoms with E-state index in [0.29, 0.717) is 5.92 Å². The molecule has 0 aromatic heterocycles. The lowest BCUT2D eigenvalue weighted by Crippen LogP contribution is -2.01. The predicted octanol–water partition coefficient (Wildman–Crippen LogP) is 14.1. The first-order chi connectivity index (χ1) is 21.3. The molecule has 0 aliphatic carbocycles. The summed E-state index contributed by atoms with van der Waals surface area (Å²) in [5, 5.41) is 0. The molecule has 1 heterocycles. The molecule has 1 aliphatic heterocycles. The van der Waals surface area contributed by atoms with Gasteiger partial charge >= 0.3 is 0 Å². The lowest BCUT2D eigenvalue weighted by atomic mass is 9.87. The Hall–Kier alpha value is -1.57. The van der Waals surface area contributed by atoms with E-state index < -0.39 is 0 Å². The highest BCUT2D eigenvalue weighted by molar-refractivity contribution is 6.18. The smallest absolute Gasteiger partial charge is 0.147 e. The molecule has 0 amide bonds. The van der Waals surface area contributed by atoms with Gasteiger partial charge in [0.2, 0.25) is 6.17 Å². The highest BCUT2D eigenvalue weighted by Crippen LogP contribution is 2.31. The highest BCUT2D eigenvalue weighted by Gasteiger charge is 2.19. The first kappa shape index (κ1) is 37.6. The fourth-order valence-corrected chi connectivity index (χ4v) is 6.77. The van der Waals surface area contributed by atoms with E-state index in [1.807, 2.05) is 0 Å². The van der Waals surface area contributed by atoms with Crippen molar-refractivity contribution in [2.24, 2.45) is 9.98 Å². The number of nitrogens with zero attached hydrogens (tertiary/aromatic N) is 2. The van der Waals surface area contributed by atoms with Crippen molar-refractivity contribution in [2.45, 2.75) is 206 Å². The van der Waals surface area contributed by atoms with Crippen molar-refractivity contribution >= 4 is 12.4 Å². The maximum absolute atomic E-state index is 4.39. The van der Waals surface area contributed by atoms with Crippen LogP contribution in [0.15, 0.2) is 34.3 Å². The monoisotopic (exact) mass is 592 g/mol. The van der Waals surface area contributed by atoms with Crippen molar-refractivity contribution in [3.05, 3.63) is 41.6 Å². The van der Waals surface area contributed by atoms with E-state index in [9.17, 15) is 0 Å². The van der Waals surface area contributed by atoms with Gasteiger partial charge in [0.05, 0.1) is 0 Å². The second kappa shape index (κ2) is 27.9. The summed E-state index contributed by atoms with van der Waals surface area (Å²) in [5.41, 5.74) is 2.67. The lowest BCUT2D eigenvalue weighted by molar-refractivity contribution is 0.479. The molecular weight excluding hydrogens is 520 g/mol. The van der Waals surface area contributed by atoms with E-state index in [4.69, 9.17) is 0 Å². The van der Waals surface area contributed by atoms with Crippen LogP contribution in [0.5, 0.6) is 0 Å². The molecular formula is C41H71N2+. The fourth-order valence-electron chi connectivity index (χ4n) is 6.77. The summed E-state index contributed by atoms with van der Waals surface area (Å²) in [6, 6.07) is 9.21. The Morgan fingerprint density at radius 2 is 0.721 bits per heavy atom. The lowest BCUT2D eigenvalue weighted by Gasteiger charge is -2.17. The normalized spacial score (nSPS) is 13.4. The van der Waals surface area contributed by atoms with Crippen LogP contribution in [-0.4, -0.2) is 12.4 Å². The second-order valence-corrected chi connectivity index (χ2v) is 13.6. The molecule has 1 aromatic rings. The minimum absolute atomic E-state index is 0.708. The zero-order chi connectivity index (χ0) is 30.5. The van der Waals surface area contributed by atoms with E-state index in [-0.39, 0.29) is 0 Å². The van der Waals surface area contributed by atoms with Gasteiger partial charge in [-0.25, -0.2) is 0 Å². The number of hydrogen-bond acceptors (Lipinski definition) is 2. The van der Waals surface area contributed by atoms with Gasteiger partial charge in [0.25, 0.3) is 0 Å². The standard InChI is InChI=1S/C41H71N2/c1-3-5-7-9-11-13-15-17-18-19-21-23-25-27-29-31-38(39-32-34-40(35-33-39)41-42-36-37-43-41)30-28-26-24-22-20-16-14-12-10-8-6-4-2/h32-38H,3-31H2,1-2H3/q+1. The maximum Gasteiger partial charge on any atom is 0.243 e. The average molecular weight is 592 g/mol. The van der Waals surface area contributed by atoms with Gasteiger partial charge in [-0.3, -0.25) is 0 Å². The van der Waals surface area contributed by atoms with Crippen LogP contribution in [0.2, 0.25) is 0 Å². The van der Waals surface area contributed by atoms with Crippen LogP contribution >= 0.6 is 0 Å². The fraction of sp³-hybridized carbons (Fsp3) is 0.780. The van der Waals surface area contributed by atoms with E-state index in [1.165, 1.54) is 192 Å². The molecule has 2 nitrogen and oxygen atoms in total. The third-order valence-corrected chi connectivity index (χ3v) is 9.66. The van der Waals surface area contributed by atoms with E-state index in [0.717, 1.165) is 11.7 Å².